The number of ether oxygens (including phenoxy) is 1. The van der Waals surface area contributed by atoms with E-state index in [1.54, 1.807) is 7.11 Å². The number of benzene rings is 2. The van der Waals surface area contributed by atoms with E-state index >= 15 is 0 Å². The molecule has 5 nitrogen and oxygen atoms in total. The number of aryl methyl sites for hydroxylation is 1. The number of nitrogens with one attached hydrogen (secondary N) is 3. The van der Waals surface area contributed by atoms with Crippen molar-refractivity contribution in [2.45, 2.75) is 31.7 Å². The van der Waals surface area contributed by atoms with Crippen molar-refractivity contribution in [3.8, 4) is 5.75 Å². The van der Waals surface area contributed by atoms with E-state index in [0.29, 0.717) is 6.42 Å². The first-order chi connectivity index (χ1) is 13.7. The van der Waals surface area contributed by atoms with Gasteiger partial charge >= 0.3 is 0 Å². The Morgan fingerprint density at radius 1 is 1.18 bits per heavy atom. The van der Waals surface area contributed by atoms with Gasteiger partial charge in [0.05, 0.1) is 19.6 Å². The van der Waals surface area contributed by atoms with E-state index in [1.807, 2.05) is 30.5 Å². The molecule has 0 aliphatic heterocycles. The van der Waals surface area contributed by atoms with Crippen LogP contribution >= 0.6 is 0 Å². The molecule has 0 saturated carbocycles. The molecule has 0 radical (unpaired) electrons. The van der Waals surface area contributed by atoms with E-state index < -0.39 is 0 Å². The highest BCUT2D eigenvalue weighted by Crippen LogP contribution is 2.36. The highest BCUT2D eigenvalue weighted by Gasteiger charge is 2.26. The summed E-state index contributed by atoms with van der Waals surface area (Å²) >= 11 is 0. The quantitative estimate of drug-likeness (QED) is 0.496. The summed E-state index contributed by atoms with van der Waals surface area (Å²) in [4.78, 5) is 19.6. The fourth-order valence-corrected chi connectivity index (χ4v) is 4.41. The van der Waals surface area contributed by atoms with Crippen LogP contribution in [-0.4, -0.2) is 23.0 Å². The van der Waals surface area contributed by atoms with Crippen molar-refractivity contribution < 1.29 is 9.53 Å². The van der Waals surface area contributed by atoms with Gasteiger partial charge in [0.25, 0.3) is 0 Å². The number of aromatic nitrogens is 2. The molecule has 0 spiro atoms. The highest BCUT2D eigenvalue weighted by molar-refractivity contribution is 5.90. The lowest BCUT2D eigenvalue weighted by Gasteiger charge is -2.24. The van der Waals surface area contributed by atoms with Crippen LogP contribution in [0.5, 0.6) is 5.75 Å². The average Bonchev–Trinajstić information content (AvgIpc) is 3.30. The van der Waals surface area contributed by atoms with Crippen molar-refractivity contribution in [3.63, 3.8) is 0 Å². The van der Waals surface area contributed by atoms with Crippen LogP contribution in [0.4, 0.5) is 0 Å². The van der Waals surface area contributed by atoms with Crippen molar-refractivity contribution in [1.82, 2.24) is 15.3 Å². The first-order valence-corrected chi connectivity index (χ1v) is 9.76. The lowest BCUT2D eigenvalue weighted by molar-refractivity contribution is -0.121. The molecule has 1 aliphatic rings. The number of aromatic amines is 2. The average molecular weight is 373 g/mol. The smallest absolute Gasteiger partial charge is 0.225 e. The first-order valence-electron chi connectivity index (χ1n) is 9.76. The van der Waals surface area contributed by atoms with Gasteiger partial charge in [-0.15, -0.1) is 0 Å². The summed E-state index contributed by atoms with van der Waals surface area (Å²) in [5, 5.41) is 5.56. The summed E-state index contributed by atoms with van der Waals surface area (Å²) in [6.45, 7) is 0. The van der Waals surface area contributed by atoms with Gasteiger partial charge in [0.2, 0.25) is 5.91 Å². The van der Waals surface area contributed by atoms with Crippen molar-refractivity contribution in [1.29, 1.82) is 0 Å². The van der Waals surface area contributed by atoms with Crippen LogP contribution < -0.4 is 10.1 Å². The van der Waals surface area contributed by atoms with Crippen LogP contribution in [0.15, 0.2) is 48.7 Å². The Morgan fingerprint density at radius 3 is 2.96 bits per heavy atom. The van der Waals surface area contributed by atoms with Crippen LogP contribution in [0.2, 0.25) is 0 Å². The largest absolute Gasteiger partial charge is 0.497 e. The van der Waals surface area contributed by atoms with E-state index in [1.165, 1.54) is 10.9 Å². The molecule has 1 aliphatic carbocycles. The fourth-order valence-electron chi connectivity index (χ4n) is 4.41. The van der Waals surface area contributed by atoms with Gasteiger partial charge in [0.15, 0.2) is 0 Å². The Labute approximate surface area is 163 Å². The third-order valence-corrected chi connectivity index (χ3v) is 5.78. The summed E-state index contributed by atoms with van der Waals surface area (Å²) in [7, 11) is 1.69. The van der Waals surface area contributed by atoms with Crippen LogP contribution in [0.3, 0.4) is 0 Å². The van der Waals surface area contributed by atoms with Crippen LogP contribution in [0, 0.1) is 0 Å². The minimum absolute atomic E-state index is 0.0276. The maximum Gasteiger partial charge on any atom is 0.225 e. The normalized spacial score (nSPS) is 16.2. The second kappa shape index (κ2) is 6.75. The zero-order valence-electron chi connectivity index (χ0n) is 15.8. The molecule has 2 aromatic carbocycles. The summed E-state index contributed by atoms with van der Waals surface area (Å²) < 4.78 is 5.38. The molecule has 1 amide bonds. The molecular weight excluding hydrogens is 350 g/mol. The highest BCUT2D eigenvalue weighted by atomic mass is 16.5. The second-order valence-corrected chi connectivity index (χ2v) is 7.48. The molecule has 1 unspecified atom stereocenters. The van der Waals surface area contributed by atoms with E-state index in [0.717, 1.165) is 52.7 Å². The first kappa shape index (κ1) is 16.9. The number of rotatable bonds is 4. The van der Waals surface area contributed by atoms with Gasteiger partial charge in [-0.1, -0.05) is 18.2 Å². The molecule has 2 aromatic heterocycles. The van der Waals surface area contributed by atoms with Crippen molar-refractivity contribution in [2.75, 3.05) is 7.11 Å². The topological polar surface area (TPSA) is 69.9 Å². The molecule has 0 fully saturated rings. The molecule has 0 saturated heterocycles. The van der Waals surface area contributed by atoms with Gasteiger partial charge in [-0.3, -0.25) is 4.79 Å². The van der Waals surface area contributed by atoms with Crippen molar-refractivity contribution >= 4 is 27.7 Å². The Bertz CT molecular complexity index is 1170. The predicted molar refractivity (Wildman–Crippen MR) is 111 cm³/mol. The Kier molecular flexibility index (Phi) is 4.08. The summed E-state index contributed by atoms with van der Waals surface area (Å²) in [6.07, 6.45) is 5.36. The fraction of sp³-hybridized carbons (Fsp3) is 0.261. The number of hydrogen-bond donors (Lipinski definition) is 3. The lowest BCUT2D eigenvalue weighted by atomic mass is 9.91. The van der Waals surface area contributed by atoms with Gasteiger partial charge in [0, 0.05) is 33.7 Å². The van der Waals surface area contributed by atoms with Crippen molar-refractivity contribution in [2.24, 2.45) is 0 Å². The molecule has 142 valence electrons. The molecule has 5 rings (SSSR count). The number of para-hydroxylation sites is 1. The number of methoxy groups -OCH3 is 1. The number of carbonyl (C=O) groups is 1. The Hall–Kier alpha value is -3.21. The second-order valence-electron chi connectivity index (χ2n) is 7.48. The Morgan fingerprint density at radius 2 is 2.07 bits per heavy atom. The van der Waals surface area contributed by atoms with Crippen molar-refractivity contribution in [3.05, 3.63) is 65.5 Å². The molecule has 28 heavy (non-hydrogen) atoms. The van der Waals surface area contributed by atoms with Gasteiger partial charge in [-0.25, -0.2) is 0 Å². The summed E-state index contributed by atoms with van der Waals surface area (Å²) in [6, 6.07) is 14.2. The molecule has 5 heteroatoms. The van der Waals surface area contributed by atoms with E-state index in [2.05, 4.69) is 33.5 Å². The third-order valence-electron chi connectivity index (χ3n) is 5.78. The molecule has 0 bridgehead atoms. The number of hydrogen-bond acceptors (Lipinski definition) is 2. The minimum atomic E-state index is 0.0276. The van der Waals surface area contributed by atoms with Gasteiger partial charge < -0.3 is 20.0 Å². The lowest BCUT2D eigenvalue weighted by Crippen LogP contribution is -2.32. The van der Waals surface area contributed by atoms with Crippen LogP contribution in [0.1, 0.15) is 35.7 Å². The van der Waals surface area contributed by atoms with E-state index in [-0.39, 0.29) is 11.9 Å². The molecule has 3 N–H and O–H groups in total. The van der Waals surface area contributed by atoms with E-state index in [9.17, 15) is 4.79 Å². The third kappa shape index (κ3) is 2.83. The van der Waals surface area contributed by atoms with Crippen LogP contribution in [0.25, 0.3) is 21.8 Å². The van der Waals surface area contributed by atoms with Gasteiger partial charge in [0.1, 0.15) is 5.75 Å². The maximum absolute atomic E-state index is 12.8. The minimum Gasteiger partial charge on any atom is -0.497 e. The predicted octanol–water partition coefficient (Wildman–Crippen LogP) is 4.39. The maximum atomic E-state index is 12.8. The van der Waals surface area contributed by atoms with Gasteiger partial charge in [-0.05, 0) is 54.7 Å². The summed E-state index contributed by atoms with van der Waals surface area (Å²) in [5.41, 5.74) is 5.64. The SMILES string of the molecule is COc1ccc2[nH]c3c(c2c1)CCCC3NC(=O)Cc1c[nH]c2ccccc12. The molecule has 4 aromatic rings. The number of fused-ring (bicyclic) bond motifs is 4. The zero-order valence-corrected chi connectivity index (χ0v) is 15.8. The van der Waals surface area contributed by atoms with E-state index in [4.69, 9.17) is 4.74 Å². The number of carbonyl (C=O) groups excluding carboxylic acids is 1. The number of amides is 1. The van der Waals surface area contributed by atoms with Gasteiger partial charge in [-0.2, -0.15) is 0 Å². The Balaban J connectivity index is 1.40. The van der Waals surface area contributed by atoms with Crippen LogP contribution in [-0.2, 0) is 17.6 Å². The standard InChI is InChI=1S/C23H23N3O2/c1-28-15-9-10-20-18(12-15)17-6-4-8-21(23(17)26-20)25-22(27)11-14-13-24-19-7-3-2-5-16(14)19/h2-3,5,7,9-10,12-13,21,24,26H,4,6,8,11H2,1H3,(H,25,27). The zero-order chi connectivity index (χ0) is 19.1. The summed E-state index contributed by atoms with van der Waals surface area (Å²) in [5.74, 6) is 0.915. The molecule has 1 atom stereocenters. The molecule has 2 heterocycles. The number of H-pyrrole nitrogens is 2. The monoisotopic (exact) mass is 373 g/mol. The molecular formula is C23H23N3O2.